The highest BCUT2D eigenvalue weighted by molar-refractivity contribution is 7.80. The highest BCUT2D eigenvalue weighted by atomic mass is 32.1. The maximum absolute atomic E-state index is 15.3. The molecule has 1 fully saturated rings. The summed E-state index contributed by atoms with van der Waals surface area (Å²) in [5.74, 6) is -23.4. The first-order chi connectivity index (χ1) is 68.0. The van der Waals surface area contributed by atoms with Crippen LogP contribution in [-0.4, -0.2) is 277 Å². The van der Waals surface area contributed by atoms with Crippen molar-refractivity contribution in [2.24, 2.45) is 105 Å². The van der Waals surface area contributed by atoms with E-state index in [1.54, 1.807) is 25.3 Å². The van der Waals surface area contributed by atoms with E-state index in [0.717, 1.165) is 13.0 Å². The van der Waals surface area contributed by atoms with Crippen molar-refractivity contribution in [3.8, 4) is 0 Å². The molecule has 43 N–H and O–H groups in total. The number of aliphatic hydroxyl groups is 1. The second-order valence-corrected chi connectivity index (χ2v) is 38.2. The number of H-pyrrole nitrogens is 1. The van der Waals surface area contributed by atoms with E-state index >= 15 is 38.4 Å². The van der Waals surface area contributed by atoms with E-state index in [1.807, 2.05) is 51.8 Å². The van der Waals surface area contributed by atoms with Crippen LogP contribution in [0.25, 0.3) is 10.9 Å². The second-order valence-electron chi connectivity index (χ2n) is 37.8. The van der Waals surface area contributed by atoms with Crippen LogP contribution in [0.3, 0.4) is 0 Å². The van der Waals surface area contributed by atoms with Crippen molar-refractivity contribution in [3.05, 3.63) is 36.0 Å². The second kappa shape index (κ2) is 67.2. The van der Waals surface area contributed by atoms with E-state index in [2.05, 4.69) is 97.4 Å². The number of thiol groups is 1. The number of fused-ring (bicyclic) bond motifs is 1. The number of hydrogen-bond donors (Lipinski definition) is 35. The van der Waals surface area contributed by atoms with Crippen molar-refractivity contribution >= 4 is 159 Å². The van der Waals surface area contributed by atoms with Gasteiger partial charge in [0.2, 0.25) is 47.3 Å². The molecule has 50 nitrogen and oxygen atoms in total. The molecule has 8 amide bonds. The molecule has 1 aromatic heterocycles. The molecular weight excluding hydrogens is 1880 g/mol. The third-order valence-electron chi connectivity index (χ3n) is 24.7. The van der Waals surface area contributed by atoms with Crippen molar-refractivity contribution in [1.82, 2.24) is 89.6 Å². The number of likely N-dealkylation sites (tertiary alicyclic amines) is 1. The highest BCUT2D eigenvalue weighted by Gasteiger charge is 2.40. The Labute approximate surface area is 846 Å². The molecule has 2 heterocycles. The summed E-state index contributed by atoms with van der Waals surface area (Å²) in [6, 6.07) is -2.52. The minimum absolute atomic E-state index is 0.0000275. The lowest BCUT2D eigenvalue weighted by Gasteiger charge is -2.27. The molecule has 0 bridgehead atoms. The van der Waals surface area contributed by atoms with Crippen molar-refractivity contribution in [2.45, 2.75) is 263 Å². The summed E-state index contributed by atoms with van der Waals surface area (Å²) < 4.78 is 0. The highest BCUT2D eigenvalue weighted by Crippen LogP contribution is 2.28. The number of hydrogen-bond acceptors (Lipinski definition) is 26. The average Bonchev–Trinajstić information content (AvgIpc) is 1.75. The molecule has 0 aliphatic carbocycles. The molecule has 806 valence electrons. The zero-order chi connectivity index (χ0) is 108. The zero-order valence-electron chi connectivity index (χ0n) is 83.9. The number of carbonyl (C=O) groups is 15. The first-order valence-corrected chi connectivity index (χ1v) is 49.9. The lowest BCUT2D eigenvalue weighted by molar-refractivity contribution is -0.137. The van der Waals surface area contributed by atoms with E-state index < -0.39 is 253 Å². The Hall–Kier alpha value is -13.4. The van der Waals surface area contributed by atoms with Crippen LogP contribution in [0.5, 0.6) is 0 Å². The van der Waals surface area contributed by atoms with Crippen molar-refractivity contribution in [1.29, 1.82) is 43.3 Å². The third-order valence-corrected chi connectivity index (χ3v) is 25.2. The number of nitrogens with one attached hydrogen (secondary N) is 24. The van der Waals surface area contributed by atoms with E-state index in [1.165, 1.54) is 0 Å². The number of guanidine groups is 8. The predicted molar refractivity (Wildman–Crippen MR) is 551 cm³/mol. The number of aromatic amines is 1. The van der Waals surface area contributed by atoms with Crippen LogP contribution in [0, 0.1) is 96.5 Å². The number of carbonyl (C=O) groups excluding carboxylic acids is 15. The van der Waals surface area contributed by atoms with Gasteiger partial charge in [-0.25, -0.2) is 0 Å². The molecular formula is C93H162N34O16S. The van der Waals surface area contributed by atoms with E-state index in [9.17, 15) is 38.7 Å². The number of aliphatic hydroxyl groups excluding tert-OH is 1. The summed E-state index contributed by atoms with van der Waals surface area (Å²) in [5, 5.41) is 115. The first kappa shape index (κ1) is 125. The largest absolute Gasteiger partial charge is 0.396 e. The van der Waals surface area contributed by atoms with Gasteiger partial charge < -0.3 is 141 Å². The summed E-state index contributed by atoms with van der Waals surface area (Å²) >= 11 is 4.18. The van der Waals surface area contributed by atoms with Gasteiger partial charge in [0.15, 0.2) is 88.2 Å². The number of likely N-dealkylation sites (N-methyl/N-ethyl adjacent to an activating group) is 1. The standard InChI is InChI=1S/C93H162N34O16S/c1-51(2)38-68(126-85(143)70-28-17-37-127(70)6)71(129)40-53(5)79(137)125-69(39-52(3)4)77(135)45-57(41-58-48-119-62-22-8-7-21-61(58)62)83(141)123-66(26-15-35-117-92(107)108)75(133)46-59(49-128)84(142)124-65(25-14-34-116-91(105)106)74(132)44-56(20-11-31-113-88(99)100)81(139)121-63(23-12-32-114-89(101)102)72(130)42-54(18-9-29-111-86(95)96)80(138)120-64(24-13-33-115-90(103)104)73(131)43-55(19-10-30-112-87(97)98)82(140)122-67(27-16-36-118-93(109)110)76(134)47-60(50-144)78(94)136/h7-8,21-22,48,51-57,59-60,63-70,119,128,144H,9-20,23-47,49-50H2,1-6H3,(H2,94,136)(H,120,138)(H,121,139)(H,122,140)(H,123,141)(H,124,142)(H,125,137)(H,126,143)(H4,95,96,111)(H4,97,98,112)(H4,99,100,113)(H4,101,102,114)(H4,103,104,115)(H4,105,106,116)(H4,107,108,117)(H4,109,110,118)/t53-,54+,55+,56+,57-,59+,60-,63-,64-,65-,66+,67-,68+,69+,70+/m1/s1. The van der Waals surface area contributed by atoms with E-state index in [-0.39, 0.29) is 210 Å². The monoisotopic (exact) mass is 2040 g/mol. The van der Waals surface area contributed by atoms with E-state index in [0.29, 0.717) is 29.3 Å². The molecule has 1 aromatic carbocycles. The zero-order valence-corrected chi connectivity index (χ0v) is 84.8. The van der Waals surface area contributed by atoms with Gasteiger partial charge in [0.05, 0.1) is 66.8 Å². The van der Waals surface area contributed by atoms with Gasteiger partial charge in [-0.3, -0.25) is 120 Å². The first-order valence-electron chi connectivity index (χ1n) is 49.3. The van der Waals surface area contributed by atoms with Crippen LogP contribution >= 0.6 is 12.6 Å². The van der Waals surface area contributed by atoms with Gasteiger partial charge in [0, 0.05) is 150 Å². The molecule has 1 saturated heterocycles. The fourth-order valence-corrected chi connectivity index (χ4v) is 17.1. The number of nitrogens with zero attached hydrogens (tertiary/aromatic N) is 1. The number of aromatic nitrogens is 1. The Balaban J connectivity index is 2.16. The Morgan fingerprint density at radius 2 is 0.653 bits per heavy atom. The molecule has 2 aromatic rings. The van der Waals surface area contributed by atoms with Gasteiger partial charge in [0.1, 0.15) is 0 Å². The molecule has 0 radical (unpaired) electrons. The molecule has 0 spiro atoms. The molecule has 51 heteroatoms. The minimum atomic E-state index is -1.66. The lowest BCUT2D eigenvalue weighted by Crippen LogP contribution is -2.50. The quantitative estimate of drug-likeness (QED) is 0.0135. The maximum atomic E-state index is 15.3. The molecule has 144 heavy (non-hydrogen) atoms. The summed E-state index contributed by atoms with van der Waals surface area (Å²) in [6.45, 7) is 8.78. The van der Waals surface area contributed by atoms with Crippen LogP contribution in [0.1, 0.15) is 214 Å². The molecule has 1 aliphatic rings. The summed E-state index contributed by atoms with van der Waals surface area (Å²) in [4.78, 5) is 224. The fraction of sp³-hybridized carbons (Fsp3) is 0.667. The van der Waals surface area contributed by atoms with Crippen molar-refractivity contribution < 1.29 is 77.0 Å². The van der Waals surface area contributed by atoms with Crippen LogP contribution in [-0.2, 0) is 78.3 Å². The number of nitrogens with two attached hydrogens (primary N) is 9. The normalized spacial score (nSPS) is 15.3. The SMILES string of the molecule is CC(C)C[C@H](NC(=O)[C@H](C)CC(=O)[C@H](CC(C)C)NC(=O)[C@@H]1CCCN1C)C(=O)C[C@@H](Cc1c[nH]c2ccccc12)C(=O)N[C@@H](CCCNC(=N)N)C(=O)C[C@@H](CO)C(=O)N[C@H](CCCNC(=N)N)C(=O)C[C@H](CCCNC(=N)N)C(=O)N[C@H](CCCNC(=N)N)C(=O)C[C@H](CCCNC(=N)N)C(=O)N[C@H](CCCNC(=N)N)C(=O)C[C@H](CCCNC(=N)N)C(=O)N[C@H](CCCNC(=N)N)C(=O)C[C@H](CS)C(N)=O. The molecule has 0 saturated carbocycles. The van der Waals surface area contributed by atoms with E-state index in [4.69, 9.17) is 94.9 Å². The molecule has 1 aliphatic heterocycles. The van der Waals surface area contributed by atoms with Crippen LogP contribution < -0.4 is 131 Å². The van der Waals surface area contributed by atoms with Gasteiger partial charge in [-0.05, 0) is 172 Å². The Morgan fingerprint density at radius 1 is 0.375 bits per heavy atom. The molecule has 0 unspecified atom stereocenters. The Bertz CT molecular complexity index is 4650. The fourth-order valence-electron chi connectivity index (χ4n) is 16.8. The number of para-hydroxylation sites is 1. The van der Waals surface area contributed by atoms with Gasteiger partial charge in [0.25, 0.3) is 0 Å². The topological polar surface area (TPSA) is 901 Å². The molecule has 15 atom stereocenters. The third kappa shape index (κ3) is 50.0. The predicted octanol–water partition coefficient (Wildman–Crippen LogP) is -3.15. The number of ketones is 7. The summed E-state index contributed by atoms with van der Waals surface area (Å²) in [6.07, 6.45) is -1.14. The van der Waals surface area contributed by atoms with Crippen LogP contribution in [0.4, 0.5) is 0 Å². The van der Waals surface area contributed by atoms with Gasteiger partial charge >= 0.3 is 0 Å². The number of primary amides is 1. The van der Waals surface area contributed by atoms with Crippen molar-refractivity contribution in [3.63, 3.8) is 0 Å². The number of rotatable bonds is 76. The van der Waals surface area contributed by atoms with Crippen LogP contribution in [0.15, 0.2) is 30.5 Å². The number of Topliss-reactive ketones (excluding diaryl/α,β-unsaturated/α-hetero) is 7. The summed E-state index contributed by atoms with van der Waals surface area (Å²) in [7, 11) is 1.84. The summed E-state index contributed by atoms with van der Waals surface area (Å²) in [5.41, 5.74) is 51.8. The Morgan fingerprint density at radius 3 is 0.958 bits per heavy atom. The maximum Gasteiger partial charge on any atom is 0.237 e. The van der Waals surface area contributed by atoms with Gasteiger partial charge in [-0.2, -0.15) is 12.6 Å². The van der Waals surface area contributed by atoms with Gasteiger partial charge in [-0.15, -0.1) is 0 Å². The lowest BCUT2D eigenvalue weighted by atomic mass is 9.87. The number of benzene rings is 1. The average molecular weight is 2040 g/mol. The minimum Gasteiger partial charge on any atom is -0.396 e. The smallest absolute Gasteiger partial charge is 0.237 e. The Kier molecular flexibility index (Phi) is 58.3. The molecule has 3 rings (SSSR count). The van der Waals surface area contributed by atoms with Gasteiger partial charge in [-0.1, -0.05) is 52.8 Å². The van der Waals surface area contributed by atoms with Crippen molar-refractivity contribution in [2.75, 3.05) is 78.3 Å². The van der Waals surface area contributed by atoms with Crippen LogP contribution in [0.2, 0.25) is 0 Å². The number of amides is 8.